The monoisotopic (exact) mass is 531 g/mol. The van der Waals surface area contributed by atoms with Crippen LogP contribution in [0.3, 0.4) is 0 Å². The zero-order valence-corrected chi connectivity index (χ0v) is 20.4. The molecule has 1 fully saturated rings. The molecule has 9 heteroatoms. The Balaban J connectivity index is 0.00000364. The van der Waals surface area contributed by atoms with E-state index >= 15 is 0 Å². The van der Waals surface area contributed by atoms with Gasteiger partial charge in [0, 0.05) is 45.0 Å². The van der Waals surface area contributed by atoms with Gasteiger partial charge < -0.3 is 19.9 Å². The van der Waals surface area contributed by atoms with Crippen LogP contribution in [-0.4, -0.2) is 60.9 Å². The Bertz CT molecular complexity index is 603. The Morgan fingerprint density at radius 1 is 1.26 bits per heavy atom. The van der Waals surface area contributed by atoms with Crippen LogP contribution in [0.15, 0.2) is 11.1 Å². The van der Waals surface area contributed by atoms with E-state index < -0.39 is 0 Å². The summed E-state index contributed by atoms with van der Waals surface area (Å²) >= 11 is 12.2. The Kier molecular flexibility index (Phi) is 11.4. The van der Waals surface area contributed by atoms with Crippen LogP contribution in [0.2, 0.25) is 10.2 Å². The summed E-state index contributed by atoms with van der Waals surface area (Å²) in [6, 6.07) is 2.31. The number of rotatable bonds is 7. The molecule has 0 saturated carbocycles. The molecule has 2 rings (SSSR count). The highest BCUT2D eigenvalue weighted by Crippen LogP contribution is 2.25. The van der Waals surface area contributed by atoms with E-state index in [-0.39, 0.29) is 24.0 Å². The van der Waals surface area contributed by atoms with Gasteiger partial charge in [0.2, 0.25) is 0 Å². The molecule has 1 saturated heterocycles. The summed E-state index contributed by atoms with van der Waals surface area (Å²) in [4.78, 5) is 7.19. The van der Waals surface area contributed by atoms with Crippen LogP contribution in [0, 0.1) is 5.92 Å². The first-order valence-electron chi connectivity index (χ1n) is 9.27. The fraction of sp³-hybridized carbons (Fsp3) is 0.722. The van der Waals surface area contributed by atoms with Crippen molar-refractivity contribution in [3.8, 4) is 0 Å². The van der Waals surface area contributed by atoms with Crippen molar-refractivity contribution in [3.63, 3.8) is 0 Å². The van der Waals surface area contributed by atoms with Crippen LogP contribution in [-0.2, 0) is 18.3 Å². The van der Waals surface area contributed by atoms with Crippen molar-refractivity contribution in [1.29, 1.82) is 0 Å². The Hall–Kier alpha value is -0.220. The summed E-state index contributed by atoms with van der Waals surface area (Å²) in [6.45, 7) is 12.4. The predicted octanol–water partition coefficient (Wildman–Crippen LogP) is 3.36. The van der Waals surface area contributed by atoms with Gasteiger partial charge in [0.15, 0.2) is 5.96 Å². The van der Waals surface area contributed by atoms with E-state index in [2.05, 4.69) is 41.3 Å². The third-order valence-corrected chi connectivity index (χ3v) is 5.56. The van der Waals surface area contributed by atoms with Gasteiger partial charge in [0.1, 0.15) is 5.15 Å². The zero-order valence-electron chi connectivity index (χ0n) is 16.6. The van der Waals surface area contributed by atoms with Crippen molar-refractivity contribution in [2.45, 2.75) is 33.4 Å². The molecule has 2 heterocycles. The van der Waals surface area contributed by atoms with E-state index in [0.717, 1.165) is 51.0 Å². The third kappa shape index (κ3) is 7.27. The van der Waals surface area contributed by atoms with Gasteiger partial charge in [0.05, 0.1) is 24.8 Å². The van der Waals surface area contributed by atoms with Crippen LogP contribution in [0.25, 0.3) is 0 Å². The van der Waals surface area contributed by atoms with E-state index in [1.165, 1.54) is 0 Å². The molecule has 0 amide bonds. The van der Waals surface area contributed by atoms with E-state index in [1.807, 2.05) is 17.7 Å². The van der Waals surface area contributed by atoms with Gasteiger partial charge >= 0.3 is 0 Å². The molecular formula is C18H32Cl2IN5O. The van der Waals surface area contributed by atoms with E-state index in [0.29, 0.717) is 28.7 Å². The molecule has 1 aliphatic rings. The maximum atomic E-state index is 6.13. The number of aromatic nitrogens is 1. The third-order valence-electron chi connectivity index (χ3n) is 4.72. The second-order valence-corrected chi connectivity index (χ2v) is 7.63. The smallest absolute Gasteiger partial charge is 0.191 e. The van der Waals surface area contributed by atoms with Gasteiger partial charge in [-0.2, -0.15) is 0 Å². The number of hydrogen-bond donors (Lipinski definition) is 2. The molecule has 0 radical (unpaired) electrons. The molecule has 0 aliphatic carbocycles. The molecule has 27 heavy (non-hydrogen) atoms. The first-order valence-corrected chi connectivity index (χ1v) is 10.0. The van der Waals surface area contributed by atoms with Gasteiger partial charge in [0.25, 0.3) is 0 Å². The average Bonchev–Trinajstić information content (AvgIpc) is 2.87. The molecule has 0 spiro atoms. The van der Waals surface area contributed by atoms with Crippen molar-refractivity contribution >= 4 is 53.1 Å². The molecule has 1 atom stereocenters. The Labute approximate surface area is 190 Å². The number of hydrogen-bond acceptors (Lipinski definition) is 3. The lowest BCUT2D eigenvalue weighted by atomic mass is 10.0. The average molecular weight is 532 g/mol. The highest BCUT2D eigenvalue weighted by atomic mass is 127. The van der Waals surface area contributed by atoms with Crippen molar-refractivity contribution < 1.29 is 4.74 Å². The van der Waals surface area contributed by atoms with E-state index in [9.17, 15) is 0 Å². The molecule has 1 aromatic rings. The summed E-state index contributed by atoms with van der Waals surface area (Å²) in [5, 5.41) is 7.91. The lowest BCUT2D eigenvalue weighted by Crippen LogP contribution is -2.52. The van der Waals surface area contributed by atoms with Crippen LogP contribution in [0.1, 0.15) is 26.5 Å². The highest BCUT2D eigenvalue weighted by molar-refractivity contribution is 14.0. The van der Waals surface area contributed by atoms with Crippen LogP contribution >= 0.6 is 47.2 Å². The van der Waals surface area contributed by atoms with Gasteiger partial charge in [-0.05, 0) is 18.9 Å². The Morgan fingerprint density at radius 3 is 2.44 bits per heavy atom. The van der Waals surface area contributed by atoms with Crippen molar-refractivity contribution in [2.75, 3.05) is 39.4 Å². The number of halogens is 3. The van der Waals surface area contributed by atoms with Crippen molar-refractivity contribution in [3.05, 3.63) is 21.9 Å². The largest absolute Gasteiger partial charge is 0.379 e. The van der Waals surface area contributed by atoms with Crippen LogP contribution in [0.5, 0.6) is 0 Å². The second kappa shape index (κ2) is 12.4. The number of aliphatic imine (C=N–C) groups is 1. The molecule has 6 nitrogen and oxygen atoms in total. The van der Waals surface area contributed by atoms with Crippen LogP contribution in [0.4, 0.5) is 0 Å². The van der Waals surface area contributed by atoms with Crippen molar-refractivity contribution in [1.82, 2.24) is 20.1 Å². The van der Waals surface area contributed by atoms with Crippen molar-refractivity contribution in [2.24, 2.45) is 18.0 Å². The molecule has 1 unspecified atom stereocenters. The minimum Gasteiger partial charge on any atom is -0.379 e. The second-order valence-electron chi connectivity index (χ2n) is 6.87. The summed E-state index contributed by atoms with van der Waals surface area (Å²) in [5.74, 6) is 1.36. The predicted molar refractivity (Wildman–Crippen MR) is 125 cm³/mol. The minimum atomic E-state index is 0. The minimum absolute atomic E-state index is 0. The number of guanidine groups is 1. The highest BCUT2D eigenvalue weighted by Gasteiger charge is 2.23. The zero-order chi connectivity index (χ0) is 19.1. The van der Waals surface area contributed by atoms with Gasteiger partial charge in [-0.3, -0.25) is 4.90 Å². The summed E-state index contributed by atoms with van der Waals surface area (Å²) in [7, 11) is 1.90. The van der Waals surface area contributed by atoms with Gasteiger partial charge in [-0.15, -0.1) is 24.0 Å². The molecule has 1 aliphatic heterocycles. The van der Waals surface area contributed by atoms with Gasteiger partial charge in [-0.1, -0.05) is 37.0 Å². The molecule has 0 bridgehead atoms. The molecule has 2 N–H and O–H groups in total. The normalized spacial score (nSPS) is 16.9. The fourth-order valence-electron chi connectivity index (χ4n) is 3.14. The summed E-state index contributed by atoms with van der Waals surface area (Å²) in [5.41, 5.74) is 0.978. The van der Waals surface area contributed by atoms with E-state index in [1.54, 1.807) is 0 Å². The number of nitrogens with zero attached hydrogens (tertiary/aromatic N) is 3. The lowest BCUT2D eigenvalue weighted by molar-refractivity contribution is 0.00752. The molecule has 1 aromatic heterocycles. The topological polar surface area (TPSA) is 53.8 Å². The Morgan fingerprint density at radius 2 is 1.93 bits per heavy atom. The maximum Gasteiger partial charge on any atom is 0.191 e. The molecule has 0 aromatic carbocycles. The van der Waals surface area contributed by atoms with E-state index in [4.69, 9.17) is 27.9 Å². The standard InChI is InChI=1S/C18H31Cl2N5O.HI/c1-5-21-18(22-11-14-10-15(19)17(20)24(14)4)23-12-16(13(2)3)25-6-8-26-9-7-25;/h10,13,16H,5-9,11-12H2,1-4H3,(H2,21,22,23);1H. The summed E-state index contributed by atoms with van der Waals surface area (Å²) in [6.07, 6.45) is 0. The number of morpholine rings is 1. The number of nitrogens with one attached hydrogen (secondary N) is 2. The van der Waals surface area contributed by atoms with Gasteiger partial charge in [-0.25, -0.2) is 4.99 Å². The fourth-order valence-corrected chi connectivity index (χ4v) is 3.56. The maximum absolute atomic E-state index is 6.13. The quantitative estimate of drug-likeness (QED) is 0.322. The van der Waals surface area contributed by atoms with Crippen LogP contribution < -0.4 is 10.6 Å². The first-order chi connectivity index (χ1) is 12.4. The SMILES string of the molecule is CCNC(=NCc1cc(Cl)c(Cl)n1C)NCC(C(C)C)N1CCOCC1.I. The first kappa shape index (κ1) is 24.8. The summed E-state index contributed by atoms with van der Waals surface area (Å²) < 4.78 is 7.34. The lowest BCUT2D eigenvalue weighted by Gasteiger charge is -2.37. The number of ether oxygens (including phenoxy) is 1. The molecular weight excluding hydrogens is 500 g/mol. The molecule has 156 valence electrons.